The normalized spacial score (nSPS) is 10.8. The maximum absolute atomic E-state index is 13.5. The minimum Gasteiger partial charge on any atom is -0.496 e. The number of methoxy groups -OCH3 is 1. The Balaban J connectivity index is 0.00000280. The number of benzene rings is 2. The smallest absolute Gasteiger partial charge is 0.263 e. The van der Waals surface area contributed by atoms with Crippen LogP contribution in [-0.2, 0) is 0 Å². The topological polar surface area (TPSA) is 45.7 Å². The van der Waals surface area contributed by atoms with Gasteiger partial charge in [-0.15, -0.1) is 12.4 Å². The number of aromatic nitrogens is 1. The highest BCUT2D eigenvalue weighted by Gasteiger charge is 2.24. The van der Waals surface area contributed by atoms with Crippen LogP contribution in [0.3, 0.4) is 0 Å². The number of amides is 1. The average Bonchev–Trinajstić information content (AvgIpc) is 3.04. The first-order chi connectivity index (χ1) is 12.9. The van der Waals surface area contributed by atoms with Crippen molar-refractivity contribution in [3.8, 4) is 5.75 Å². The summed E-state index contributed by atoms with van der Waals surface area (Å²) in [6.45, 7) is 1.06. The number of halogens is 3. The quantitative estimate of drug-likeness (QED) is 0.552. The second kappa shape index (κ2) is 9.52. The van der Waals surface area contributed by atoms with Crippen LogP contribution in [0.25, 0.3) is 10.2 Å². The molecule has 28 heavy (non-hydrogen) atoms. The Morgan fingerprint density at radius 1 is 1.21 bits per heavy atom. The fourth-order valence-electron chi connectivity index (χ4n) is 2.58. The van der Waals surface area contributed by atoms with Gasteiger partial charge in [-0.05, 0) is 50.5 Å². The van der Waals surface area contributed by atoms with Crippen molar-refractivity contribution in [1.82, 2.24) is 9.88 Å². The van der Waals surface area contributed by atoms with Crippen molar-refractivity contribution in [3.05, 3.63) is 52.8 Å². The number of fused-ring (bicyclic) bond motifs is 1. The number of hydrogen-bond donors (Lipinski definition) is 0. The summed E-state index contributed by atoms with van der Waals surface area (Å²) in [5.74, 6) is -0.164. The zero-order chi connectivity index (χ0) is 19.6. The molecule has 0 unspecified atom stereocenters. The number of carbonyl (C=O) groups is 1. The standard InChI is InChI=1S/C19H19ClFN3O2S.ClH/c1-23(2)8-9-24(18(25)14-10-12(20)4-7-16(14)26-3)19-22-15-6-5-13(21)11-17(15)27-19;/h4-7,10-11H,8-9H2,1-3H3;1H. The van der Waals surface area contributed by atoms with Gasteiger partial charge in [-0.2, -0.15) is 0 Å². The summed E-state index contributed by atoms with van der Waals surface area (Å²) in [5, 5.41) is 0.947. The van der Waals surface area contributed by atoms with Crippen LogP contribution >= 0.6 is 35.3 Å². The Morgan fingerprint density at radius 3 is 2.64 bits per heavy atom. The third kappa shape index (κ3) is 4.91. The third-order valence-electron chi connectivity index (χ3n) is 3.98. The Labute approximate surface area is 178 Å². The van der Waals surface area contributed by atoms with Gasteiger partial charge in [-0.25, -0.2) is 9.37 Å². The van der Waals surface area contributed by atoms with Crippen molar-refractivity contribution < 1.29 is 13.9 Å². The largest absolute Gasteiger partial charge is 0.496 e. The van der Waals surface area contributed by atoms with Gasteiger partial charge < -0.3 is 9.64 Å². The number of carbonyl (C=O) groups excluding carboxylic acids is 1. The van der Waals surface area contributed by atoms with Crippen molar-refractivity contribution in [2.24, 2.45) is 0 Å². The minimum absolute atomic E-state index is 0. The van der Waals surface area contributed by atoms with Gasteiger partial charge in [-0.3, -0.25) is 9.69 Å². The summed E-state index contributed by atoms with van der Waals surface area (Å²) < 4.78 is 19.5. The first-order valence-corrected chi connectivity index (χ1v) is 9.44. The lowest BCUT2D eigenvalue weighted by atomic mass is 10.1. The molecule has 1 aromatic heterocycles. The van der Waals surface area contributed by atoms with Crippen molar-refractivity contribution in [2.75, 3.05) is 39.2 Å². The van der Waals surface area contributed by atoms with Crippen molar-refractivity contribution in [1.29, 1.82) is 0 Å². The monoisotopic (exact) mass is 443 g/mol. The molecular weight excluding hydrogens is 424 g/mol. The molecule has 0 radical (unpaired) electrons. The van der Waals surface area contributed by atoms with Crippen molar-refractivity contribution in [2.45, 2.75) is 0 Å². The number of rotatable bonds is 6. The first-order valence-electron chi connectivity index (χ1n) is 8.25. The summed E-state index contributed by atoms with van der Waals surface area (Å²) >= 11 is 7.36. The van der Waals surface area contributed by atoms with Crippen LogP contribution in [0.2, 0.25) is 5.02 Å². The maximum Gasteiger partial charge on any atom is 0.263 e. The Morgan fingerprint density at radius 2 is 1.96 bits per heavy atom. The number of likely N-dealkylation sites (N-methyl/N-ethyl adjacent to an activating group) is 1. The van der Waals surface area contributed by atoms with E-state index in [2.05, 4.69) is 4.98 Å². The van der Waals surface area contributed by atoms with E-state index in [1.54, 1.807) is 29.2 Å². The minimum atomic E-state index is -0.333. The van der Waals surface area contributed by atoms with Gasteiger partial charge in [0.2, 0.25) is 0 Å². The molecule has 0 N–H and O–H groups in total. The van der Waals surface area contributed by atoms with Crippen LogP contribution in [0.1, 0.15) is 10.4 Å². The fraction of sp³-hybridized carbons (Fsp3) is 0.263. The molecule has 0 atom stereocenters. The molecule has 0 spiro atoms. The number of nitrogens with zero attached hydrogens (tertiary/aromatic N) is 3. The molecule has 0 aliphatic rings. The molecular formula is C19H20Cl2FN3O2S. The van der Waals surface area contributed by atoms with E-state index in [-0.39, 0.29) is 24.1 Å². The van der Waals surface area contributed by atoms with E-state index >= 15 is 0 Å². The zero-order valence-electron chi connectivity index (χ0n) is 15.6. The van der Waals surface area contributed by atoms with E-state index in [4.69, 9.17) is 16.3 Å². The highest BCUT2D eigenvalue weighted by atomic mass is 35.5. The van der Waals surface area contributed by atoms with E-state index < -0.39 is 0 Å². The predicted molar refractivity (Wildman–Crippen MR) is 115 cm³/mol. The van der Waals surface area contributed by atoms with Gasteiger partial charge in [0.25, 0.3) is 5.91 Å². The molecule has 0 saturated carbocycles. The summed E-state index contributed by atoms with van der Waals surface area (Å²) in [5.41, 5.74) is 1.01. The van der Waals surface area contributed by atoms with Crippen molar-refractivity contribution in [3.63, 3.8) is 0 Å². The van der Waals surface area contributed by atoms with Crippen LogP contribution in [-0.4, -0.2) is 50.1 Å². The zero-order valence-corrected chi connectivity index (χ0v) is 18.0. The lowest BCUT2D eigenvalue weighted by molar-refractivity contribution is 0.0982. The summed E-state index contributed by atoms with van der Waals surface area (Å²) in [6, 6.07) is 9.30. The first kappa shape index (κ1) is 22.4. The number of ether oxygens (including phenoxy) is 1. The molecule has 0 aliphatic carbocycles. The molecule has 3 aromatic rings. The predicted octanol–water partition coefficient (Wildman–Crippen LogP) is 4.73. The van der Waals surface area contributed by atoms with Gasteiger partial charge in [0, 0.05) is 18.1 Å². The van der Waals surface area contributed by atoms with Gasteiger partial charge in [0.1, 0.15) is 11.6 Å². The van der Waals surface area contributed by atoms with Crippen molar-refractivity contribution >= 4 is 56.6 Å². The van der Waals surface area contributed by atoms with Crippen LogP contribution in [0.15, 0.2) is 36.4 Å². The van der Waals surface area contributed by atoms with Gasteiger partial charge in [0.15, 0.2) is 5.13 Å². The van der Waals surface area contributed by atoms with Crippen LogP contribution < -0.4 is 9.64 Å². The number of hydrogen-bond acceptors (Lipinski definition) is 5. The molecule has 1 heterocycles. The fourth-order valence-corrected chi connectivity index (χ4v) is 3.77. The van der Waals surface area contributed by atoms with Gasteiger partial charge in [0.05, 0.1) is 22.9 Å². The molecule has 2 aromatic carbocycles. The molecule has 0 bridgehead atoms. The Bertz CT molecular complexity index is 981. The van der Waals surface area contributed by atoms with E-state index in [1.807, 2.05) is 19.0 Å². The van der Waals surface area contributed by atoms with Gasteiger partial charge >= 0.3 is 0 Å². The Kier molecular flexibility index (Phi) is 7.60. The molecule has 3 rings (SSSR count). The molecule has 0 saturated heterocycles. The second-order valence-corrected chi connectivity index (χ2v) is 7.66. The van der Waals surface area contributed by atoms with E-state index in [0.29, 0.717) is 44.8 Å². The molecule has 9 heteroatoms. The highest BCUT2D eigenvalue weighted by Crippen LogP contribution is 2.32. The lowest BCUT2D eigenvalue weighted by Gasteiger charge is -2.23. The lowest BCUT2D eigenvalue weighted by Crippen LogP contribution is -2.37. The molecule has 0 aliphatic heterocycles. The number of thiazole rings is 1. The van der Waals surface area contributed by atoms with Gasteiger partial charge in [-0.1, -0.05) is 22.9 Å². The molecule has 150 valence electrons. The summed E-state index contributed by atoms with van der Waals surface area (Å²) in [7, 11) is 5.36. The number of anilines is 1. The molecule has 0 fully saturated rings. The van der Waals surface area contributed by atoms with Crippen LogP contribution in [0, 0.1) is 5.82 Å². The van der Waals surface area contributed by atoms with E-state index in [1.165, 1.54) is 30.6 Å². The summed E-state index contributed by atoms with van der Waals surface area (Å²) in [6.07, 6.45) is 0. The average molecular weight is 444 g/mol. The highest BCUT2D eigenvalue weighted by molar-refractivity contribution is 7.22. The third-order valence-corrected chi connectivity index (χ3v) is 5.25. The van der Waals surface area contributed by atoms with E-state index in [9.17, 15) is 9.18 Å². The Hall–Kier alpha value is -1.93. The molecule has 5 nitrogen and oxygen atoms in total. The van der Waals surface area contributed by atoms with Crippen LogP contribution in [0.4, 0.5) is 9.52 Å². The maximum atomic E-state index is 13.5. The van der Waals surface area contributed by atoms with E-state index in [0.717, 1.165) is 0 Å². The summed E-state index contributed by atoms with van der Waals surface area (Å²) in [4.78, 5) is 21.4. The second-order valence-electron chi connectivity index (χ2n) is 6.21. The SMILES string of the molecule is COc1ccc(Cl)cc1C(=O)N(CCN(C)C)c1nc2ccc(F)cc2s1.Cl. The van der Waals surface area contributed by atoms with Crippen LogP contribution in [0.5, 0.6) is 5.75 Å². The molecule has 1 amide bonds.